The predicted octanol–water partition coefficient (Wildman–Crippen LogP) is 3.15. The Kier molecular flexibility index (Phi) is 4.03. The molecule has 0 aromatic heterocycles. The number of rotatable bonds is 3. The number of alkyl halides is 5. The van der Waals surface area contributed by atoms with Crippen LogP contribution in [0.5, 0.6) is 0 Å². The summed E-state index contributed by atoms with van der Waals surface area (Å²) in [5.74, 6) is -2.82. The molecule has 1 atom stereocenters. The van der Waals surface area contributed by atoms with Gasteiger partial charge in [0.25, 0.3) is 0 Å². The van der Waals surface area contributed by atoms with Gasteiger partial charge in [-0.3, -0.25) is 0 Å². The summed E-state index contributed by atoms with van der Waals surface area (Å²) < 4.78 is 74.8. The van der Waals surface area contributed by atoms with Crippen LogP contribution in [0.2, 0.25) is 0 Å². The number of halogens is 6. The molecule has 0 aliphatic rings. The Hall–Kier alpha value is -1.24. The van der Waals surface area contributed by atoms with E-state index < -0.39 is 42.0 Å². The lowest BCUT2D eigenvalue weighted by molar-refractivity contribution is -0.137. The fourth-order valence-electron chi connectivity index (χ4n) is 1.37. The fourth-order valence-corrected chi connectivity index (χ4v) is 1.37. The van der Waals surface area contributed by atoms with Gasteiger partial charge in [-0.15, -0.1) is 0 Å². The molecule has 0 fully saturated rings. The standard InChI is InChI=1S/C10H9F6N/c11-7-2-5(8(4-17)9(12)13)1-6(3-7)10(14,15)16/h1-3,8-9H,4,17H2. The van der Waals surface area contributed by atoms with Gasteiger partial charge in [-0.2, -0.15) is 13.2 Å². The van der Waals surface area contributed by atoms with Crippen molar-refractivity contribution in [2.45, 2.75) is 18.5 Å². The maximum Gasteiger partial charge on any atom is 0.416 e. The minimum atomic E-state index is -4.78. The highest BCUT2D eigenvalue weighted by atomic mass is 19.4. The fraction of sp³-hybridized carbons (Fsp3) is 0.400. The Morgan fingerprint density at radius 1 is 1.12 bits per heavy atom. The Bertz CT molecular complexity index is 387. The summed E-state index contributed by atoms with van der Waals surface area (Å²) in [6, 6.07) is 1.38. The molecule has 0 saturated heterocycles. The van der Waals surface area contributed by atoms with Crippen molar-refractivity contribution in [1.29, 1.82) is 0 Å². The lowest BCUT2D eigenvalue weighted by Crippen LogP contribution is -2.20. The molecule has 1 aromatic rings. The lowest BCUT2D eigenvalue weighted by Gasteiger charge is -2.16. The minimum Gasteiger partial charge on any atom is -0.330 e. The summed E-state index contributed by atoms with van der Waals surface area (Å²) >= 11 is 0. The minimum absolute atomic E-state index is 0.253. The Morgan fingerprint density at radius 3 is 2.12 bits per heavy atom. The van der Waals surface area contributed by atoms with E-state index >= 15 is 0 Å². The zero-order valence-corrected chi connectivity index (χ0v) is 8.44. The molecule has 0 radical (unpaired) electrons. The highest BCUT2D eigenvalue weighted by molar-refractivity contribution is 5.30. The second-order valence-electron chi connectivity index (χ2n) is 3.45. The number of nitrogens with two attached hydrogens (primary N) is 1. The van der Waals surface area contributed by atoms with E-state index in [1.807, 2.05) is 0 Å². The van der Waals surface area contributed by atoms with E-state index in [1.165, 1.54) is 0 Å². The van der Waals surface area contributed by atoms with Crippen LogP contribution in [0, 0.1) is 5.82 Å². The lowest BCUT2D eigenvalue weighted by atomic mass is 9.97. The molecule has 1 aromatic carbocycles. The topological polar surface area (TPSA) is 26.0 Å². The van der Waals surface area contributed by atoms with E-state index in [1.54, 1.807) is 0 Å². The number of benzene rings is 1. The second-order valence-corrected chi connectivity index (χ2v) is 3.45. The van der Waals surface area contributed by atoms with Crippen molar-refractivity contribution < 1.29 is 26.3 Å². The smallest absolute Gasteiger partial charge is 0.330 e. The third-order valence-corrected chi connectivity index (χ3v) is 2.23. The van der Waals surface area contributed by atoms with Crippen LogP contribution in [-0.2, 0) is 6.18 Å². The summed E-state index contributed by atoms with van der Waals surface area (Å²) in [5.41, 5.74) is 3.28. The molecule has 7 heteroatoms. The summed E-state index contributed by atoms with van der Waals surface area (Å²) in [5, 5.41) is 0. The van der Waals surface area contributed by atoms with Gasteiger partial charge in [0.1, 0.15) is 5.82 Å². The molecule has 1 rings (SSSR count). The summed E-state index contributed by atoms with van der Waals surface area (Å²) in [6.45, 7) is -0.557. The van der Waals surface area contributed by atoms with Gasteiger partial charge in [0.2, 0.25) is 6.43 Å². The first-order valence-electron chi connectivity index (χ1n) is 4.61. The summed E-state index contributed by atoms with van der Waals surface area (Å²) in [6.07, 6.45) is -7.72. The highest BCUT2D eigenvalue weighted by Gasteiger charge is 2.33. The van der Waals surface area contributed by atoms with Crippen LogP contribution in [0.25, 0.3) is 0 Å². The van der Waals surface area contributed by atoms with Gasteiger partial charge in [0.15, 0.2) is 0 Å². The van der Waals surface area contributed by atoms with Crippen LogP contribution in [0.4, 0.5) is 26.3 Å². The van der Waals surface area contributed by atoms with Crippen LogP contribution >= 0.6 is 0 Å². The van der Waals surface area contributed by atoms with Crippen molar-refractivity contribution in [3.05, 3.63) is 35.1 Å². The van der Waals surface area contributed by atoms with Gasteiger partial charge in [0, 0.05) is 6.54 Å². The van der Waals surface area contributed by atoms with Gasteiger partial charge in [-0.1, -0.05) is 0 Å². The molecule has 0 aliphatic heterocycles. The summed E-state index contributed by atoms with van der Waals surface area (Å²) in [4.78, 5) is 0. The molecular formula is C10H9F6N. The molecular weight excluding hydrogens is 248 g/mol. The molecule has 0 amide bonds. The van der Waals surface area contributed by atoms with Gasteiger partial charge in [0.05, 0.1) is 11.5 Å². The largest absolute Gasteiger partial charge is 0.416 e. The maximum absolute atomic E-state index is 12.9. The number of hydrogen-bond acceptors (Lipinski definition) is 1. The van der Waals surface area contributed by atoms with Crippen LogP contribution in [0.3, 0.4) is 0 Å². The van der Waals surface area contributed by atoms with Gasteiger partial charge < -0.3 is 5.73 Å². The van der Waals surface area contributed by atoms with Gasteiger partial charge >= 0.3 is 6.18 Å². The van der Waals surface area contributed by atoms with Crippen molar-refractivity contribution in [2.24, 2.45) is 5.73 Å². The number of hydrogen-bond donors (Lipinski definition) is 1. The van der Waals surface area contributed by atoms with Crippen molar-refractivity contribution >= 4 is 0 Å². The average molecular weight is 257 g/mol. The normalized spacial score (nSPS) is 14.1. The Balaban J connectivity index is 3.21. The quantitative estimate of drug-likeness (QED) is 0.827. The first kappa shape index (κ1) is 13.8. The third-order valence-electron chi connectivity index (χ3n) is 2.23. The van der Waals surface area contributed by atoms with E-state index in [0.29, 0.717) is 12.1 Å². The predicted molar refractivity (Wildman–Crippen MR) is 49.2 cm³/mol. The molecule has 0 bridgehead atoms. The van der Waals surface area contributed by atoms with Crippen molar-refractivity contribution in [1.82, 2.24) is 0 Å². The first-order chi connectivity index (χ1) is 7.75. The zero-order valence-electron chi connectivity index (χ0n) is 8.44. The van der Waals surface area contributed by atoms with Crippen molar-refractivity contribution in [3.8, 4) is 0 Å². The van der Waals surface area contributed by atoms with E-state index in [9.17, 15) is 26.3 Å². The Morgan fingerprint density at radius 2 is 1.71 bits per heavy atom. The second kappa shape index (κ2) is 4.95. The third kappa shape index (κ3) is 3.36. The first-order valence-corrected chi connectivity index (χ1v) is 4.61. The maximum atomic E-state index is 12.9. The van der Waals surface area contributed by atoms with Gasteiger partial charge in [-0.25, -0.2) is 13.2 Å². The van der Waals surface area contributed by atoms with Crippen LogP contribution in [-0.4, -0.2) is 13.0 Å². The molecule has 0 saturated carbocycles. The Labute approximate surface area is 93.2 Å². The van der Waals surface area contributed by atoms with E-state index in [2.05, 4.69) is 0 Å². The molecule has 2 N–H and O–H groups in total. The summed E-state index contributed by atoms with van der Waals surface area (Å²) in [7, 11) is 0. The zero-order chi connectivity index (χ0) is 13.2. The van der Waals surface area contributed by atoms with Crippen molar-refractivity contribution in [3.63, 3.8) is 0 Å². The molecule has 96 valence electrons. The SMILES string of the molecule is NCC(c1cc(F)cc(C(F)(F)F)c1)C(F)F. The molecule has 0 spiro atoms. The molecule has 1 unspecified atom stereocenters. The van der Waals surface area contributed by atoms with Crippen molar-refractivity contribution in [2.75, 3.05) is 6.54 Å². The monoisotopic (exact) mass is 257 g/mol. The highest BCUT2D eigenvalue weighted by Crippen LogP contribution is 2.33. The molecule has 17 heavy (non-hydrogen) atoms. The molecule has 0 heterocycles. The van der Waals surface area contributed by atoms with E-state index in [4.69, 9.17) is 5.73 Å². The molecule has 0 aliphatic carbocycles. The van der Waals surface area contributed by atoms with E-state index in [-0.39, 0.29) is 6.07 Å². The molecule has 1 nitrogen and oxygen atoms in total. The van der Waals surface area contributed by atoms with Crippen LogP contribution in [0.1, 0.15) is 17.0 Å². The van der Waals surface area contributed by atoms with Gasteiger partial charge in [-0.05, 0) is 23.8 Å². The van der Waals surface area contributed by atoms with Crippen LogP contribution in [0.15, 0.2) is 18.2 Å². The average Bonchev–Trinajstić information content (AvgIpc) is 2.15. The van der Waals surface area contributed by atoms with Crippen LogP contribution < -0.4 is 5.73 Å². The van der Waals surface area contributed by atoms with E-state index in [0.717, 1.165) is 0 Å².